The number of rotatable bonds is 5. The van der Waals surface area contributed by atoms with Gasteiger partial charge in [-0.2, -0.15) is 0 Å². The topological polar surface area (TPSA) is 62.3 Å². The van der Waals surface area contributed by atoms with Crippen LogP contribution in [0.4, 0.5) is 4.39 Å². The molecule has 1 N–H and O–H groups in total. The fraction of sp³-hybridized carbons (Fsp3) is 0.450. The van der Waals surface area contributed by atoms with Crippen molar-refractivity contribution in [2.45, 2.75) is 44.2 Å². The number of carbonyl (C=O) groups excluding carboxylic acids is 2. The maximum atomic E-state index is 13.3. The normalized spacial score (nSPS) is 25.9. The van der Waals surface area contributed by atoms with Crippen LogP contribution in [0.3, 0.4) is 0 Å². The molecular weight excluding hydrogens is 401 g/mol. The smallest absolute Gasteiger partial charge is 0.228 e. The van der Waals surface area contributed by atoms with Gasteiger partial charge in [-0.1, -0.05) is 17.7 Å². The molecule has 148 valence electrons. The van der Waals surface area contributed by atoms with Crippen molar-refractivity contribution in [2.75, 3.05) is 7.05 Å². The second kappa shape index (κ2) is 7.44. The Kier molecular flexibility index (Phi) is 5.14. The fourth-order valence-corrected chi connectivity index (χ4v) is 5.68. The highest BCUT2D eigenvalue weighted by molar-refractivity contribution is 7.07. The molecule has 2 saturated heterocycles. The summed E-state index contributed by atoms with van der Waals surface area (Å²) in [5, 5.41) is 5.01. The third kappa shape index (κ3) is 3.20. The molecular formula is C20H21ClFN3O2S. The van der Waals surface area contributed by atoms with E-state index in [1.54, 1.807) is 18.6 Å². The van der Waals surface area contributed by atoms with E-state index in [-0.39, 0.29) is 35.3 Å². The van der Waals surface area contributed by atoms with Crippen molar-refractivity contribution in [3.05, 3.63) is 51.2 Å². The van der Waals surface area contributed by atoms with Gasteiger partial charge in [0.25, 0.3) is 0 Å². The number of nitrogens with zero attached hydrogens (tertiary/aromatic N) is 2. The Bertz CT molecular complexity index is 907. The summed E-state index contributed by atoms with van der Waals surface area (Å²) in [7, 11) is 1.64. The fourth-order valence-electron chi connectivity index (χ4n) is 4.89. The van der Waals surface area contributed by atoms with Crippen LogP contribution in [0.5, 0.6) is 0 Å². The highest BCUT2D eigenvalue weighted by Gasteiger charge is 2.60. The van der Waals surface area contributed by atoms with E-state index in [0.29, 0.717) is 18.4 Å². The van der Waals surface area contributed by atoms with E-state index < -0.39 is 11.2 Å². The van der Waals surface area contributed by atoms with Gasteiger partial charge in [0.05, 0.1) is 23.0 Å². The standard InChI is InChI=1S/C20H21ClFN3O2S/c1-23-19(27)20(8-14-10-28-11-24-14)9-15-4-5-17(20)25(15)18(26)6-12-2-3-13(22)7-16(12)21/h2-3,7,10-11,15,17H,4-6,8-9H2,1H3,(H,23,27)/t15-,17+,20+/m1/s1. The molecule has 1 aromatic heterocycles. The van der Waals surface area contributed by atoms with E-state index in [2.05, 4.69) is 10.3 Å². The molecule has 2 aliphatic rings. The van der Waals surface area contributed by atoms with E-state index in [1.165, 1.54) is 23.5 Å². The quantitative estimate of drug-likeness (QED) is 0.806. The number of benzene rings is 1. The van der Waals surface area contributed by atoms with Gasteiger partial charge in [-0.25, -0.2) is 9.37 Å². The Balaban J connectivity index is 1.60. The Hall–Kier alpha value is -1.99. The van der Waals surface area contributed by atoms with Gasteiger partial charge in [0, 0.05) is 36.0 Å². The van der Waals surface area contributed by atoms with Crippen molar-refractivity contribution < 1.29 is 14.0 Å². The van der Waals surface area contributed by atoms with Crippen LogP contribution in [0.15, 0.2) is 29.1 Å². The lowest BCUT2D eigenvalue weighted by atomic mass is 9.70. The van der Waals surface area contributed by atoms with Crippen LogP contribution in [0.2, 0.25) is 5.02 Å². The summed E-state index contributed by atoms with van der Waals surface area (Å²) in [6, 6.07) is 3.96. The molecule has 0 spiro atoms. The summed E-state index contributed by atoms with van der Waals surface area (Å²) >= 11 is 7.61. The molecule has 0 aliphatic carbocycles. The van der Waals surface area contributed by atoms with Gasteiger partial charge < -0.3 is 10.2 Å². The molecule has 2 aromatic rings. The second-order valence-electron chi connectivity index (χ2n) is 7.56. The van der Waals surface area contributed by atoms with Crippen LogP contribution in [-0.4, -0.2) is 40.8 Å². The molecule has 2 fully saturated rings. The molecule has 0 radical (unpaired) electrons. The van der Waals surface area contributed by atoms with Crippen molar-refractivity contribution in [2.24, 2.45) is 5.41 Å². The van der Waals surface area contributed by atoms with Gasteiger partial charge in [0.2, 0.25) is 11.8 Å². The summed E-state index contributed by atoms with van der Waals surface area (Å²) in [4.78, 5) is 32.3. The molecule has 2 bridgehead atoms. The Morgan fingerprint density at radius 1 is 1.43 bits per heavy atom. The number of nitrogens with one attached hydrogen (secondary N) is 1. The zero-order valence-corrected chi connectivity index (χ0v) is 17.0. The first-order valence-corrected chi connectivity index (χ1v) is 10.6. The van der Waals surface area contributed by atoms with Crippen LogP contribution < -0.4 is 5.32 Å². The number of amides is 2. The minimum Gasteiger partial charge on any atom is -0.359 e. The lowest BCUT2D eigenvalue weighted by Crippen LogP contribution is -2.50. The predicted octanol–water partition coefficient (Wildman–Crippen LogP) is 3.22. The SMILES string of the molecule is CNC(=O)[C@@]1(Cc2cscn2)C[C@H]2CC[C@@H]1N2C(=O)Cc1ccc(F)cc1Cl. The van der Waals surface area contributed by atoms with Gasteiger partial charge in [-0.05, 0) is 37.0 Å². The van der Waals surface area contributed by atoms with Crippen LogP contribution in [0.25, 0.3) is 0 Å². The molecule has 1 aromatic carbocycles. The van der Waals surface area contributed by atoms with E-state index in [9.17, 15) is 14.0 Å². The number of hydrogen-bond donors (Lipinski definition) is 1. The average Bonchev–Trinajstić information content (AvgIpc) is 3.39. The van der Waals surface area contributed by atoms with Crippen molar-refractivity contribution in [3.8, 4) is 0 Å². The third-order valence-corrected chi connectivity index (χ3v) is 7.03. The van der Waals surface area contributed by atoms with Gasteiger partial charge >= 0.3 is 0 Å². The molecule has 5 nitrogen and oxygen atoms in total. The van der Waals surface area contributed by atoms with Gasteiger partial charge in [0.15, 0.2) is 0 Å². The van der Waals surface area contributed by atoms with Gasteiger partial charge in [-0.3, -0.25) is 9.59 Å². The van der Waals surface area contributed by atoms with Crippen LogP contribution in [0.1, 0.15) is 30.5 Å². The number of hydrogen-bond acceptors (Lipinski definition) is 4. The lowest BCUT2D eigenvalue weighted by Gasteiger charge is -2.35. The monoisotopic (exact) mass is 421 g/mol. The molecule has 2 amide bonds. The maximum absolute atomic E-state index is 13.3. The van der Waals surface area contributed by atoms with Crippen molar-refractivity contribution >= 4 is 34.8 Å². The molecule has 4 rings (SSSR count). The summed E-state index contributed by atoms with van der Waals surface area (Å²) in [6.07, 6.45) is 2.96. The molecule has 3 heterocycles. The van der Waals surface area contributed by atoms with Gasteiger partial charge in [0.1, 0.15) is 5.82 Å². The molecule has 2 aliphatic heterocycles. The number of aromatic nitrogens is 1. The zero-order chi connectivity index (χ0) is 19.9. The summed E-state index contributed by atoms with van der Waals surface area (Å²) < 4.78 is 13.3. The predicted molar refractivity (Wildman–Crippen MR) is 106 cm³/mol. The number of halogens is 2. The van der Waals surface area contributed by atoms with Crippen LogP contribution in [0, 0.1) is 11.2 Å². The van der Waals surface area contributed by atoms with Crippen LogP contribution in [-0.2, 0) is 22.4 Å². The summed E-state index contributed by atoms with van der Waals surface area (Å²) in [5.41, 5.74) is 2.59. The number of fused-ring (bicyclic) bond motifs is 2. The van der Waals surface area contributed by atoms with Crippen LogP contribution >= 0.6 is 22.9 Å². The number of carbonyl (C=O) groups is 2. The lowest BCUT2D eigenvalue weighted by molar-refractivity contribution is -0.136. The van der Waals surface area contributed by atoms with Crippen molar-refractivity contribution in [1.29, 1.82) is 0 Å². The van der Waals surface area contributed by atoms with Crippen molar-refractivity contribution in [3.63, 3.8) is 0 Å². The second-order valence-corrected chi connectivity index (χ2v) is 8.68. The van der Waals surface area contributed by atoms with E-state index in [1.807, 2.05) is 10.3 Å². The Morgan fingerprint density at radius 2 is 2.25 bits per heavy atom. The van der Waals surface area contributed by atoms with Crippen molar-refractivity contribution in [1.82, 2.24) is 15.2 Å². The number of thiazole rings is 1. The van der Waals surface area contributed by atoms with E-state index >= 15 is 0 Å². The minimum atomic E-state index is -0.659. The first-order valence-electron chi connectivity index (χ1n) is 9.29. The first kappa shape index (κ1) is 19.3. The zero-order valence-electron chi connectivity index (χ0n) is 15.5. The first-order chi connectivity index (χ1) is 13.4. The maximum Gasteiger partial charge on any atom is 0.228 e. The highest BCUT2D eigenvalue weighted by atomic mass is 35.5. The molecule has 0 unspecified atom stereocenters. The largest absolute Gasteiger partial charge is 0.359 e. The summed E-state index contributed by atoms with van der Waals surface area (Å²) in [6.45, 7) is 0. The minimum absolute atomic E-state index is 0.0349. The Morgan fingerprint density at radius 3 is 2.93 bits per heavy atom. The highest BCUT2D eigenvalue weighted by Crippen LogP contribution is 2.52. The Labute approximate surface area is 171 Å². The summed E-state index contributed by atoms with van der Waals surface area (Å²) in [5.74, 6) is -0.528. The van der Waals surface area contributed by atoms with Gasteiger partial charge in [-0.15, -0.1) is 11.3 Å². The third-order valence-electron chi connectivity index (χ3n) is 6.04. The van der Waals surface area contributed by atoms with E-state index in [0.717, 1.165) is 18.5 Å². The molecule has 8 heteroatoms. The molecule has 28 heavy (non-hydrogen) atoms. The molecule has 0 saturated carbocycles. The average molecular weight is 422 g/mol. The van der Waals surface area contributed by atoms with E-state index in [4.69, 9.17) is 11.6 Å². The molecule has 3 atom stereocenters.